The number of hydrogen-bond acceptors (Lipinski definition) is 5. The lowest BCUT2D eigenvalue weighted by molar-refractivity contribution is -0.142. The van der Waals surface area contributed by atoms with Crippen molar-refractivity contribution in [1.29, 1.82) is 0 Å². The average Bonchev–Trinajstić information content (AvgIpc) is 3.33. The summed E-state index contributed by atoms with van der Waals surface area (Å²) in [6.45, 7) is 17.2. The highest BCUT2D eigenvalue weighted by molar-refractivity contribution is 14.0. The number of piperazine rings is 2. The van der Waals surface area contributed by atoms with E-state index in [2.05, 4.69) is 33.9 Å². The second-order valence-corrected chi connectivity index (χ2v) is 8.53. The Morgan fingerprint density at radius 2 is 1.65 bits per heavy atom. The second-order valence-electron chi connectivity index (χ2n) is 8.53. The molecule has 0 aromatic heterocycles. The van der Waals surface area contributed by atoms with E-state index in [1.807, 2.05) is 4.90 Å². The molecule has 3 aliphatic rings. The van der Waals surface area contributed by atoms with Crippen molar-refractivity contribution >= 4 is 35.8 Å². The third-order valence-electron chi connectivity index (χ3n) is 6.49. The largest absolute Gasteiger partial charge is 0.368 e. The molecule has 3 saturated heterocycles. The summed E-state index contributed by atoms with van der Waals surface area (Å²) < 4.78 is 5.56. The van der Waals surface area contributed by atoms with E-state index >= 15 is 0 Å². The van der Waals surface area contributed by atoms with Crippen LogP contribution in [0.2, 0.25) is 0 Å². The van der Waals surface area contributed by atoms with Crippen molar-refractivity contribution < 1.29 is 9.53 Å². The number of likely N-dealkylation sites (N-methyl/N-ethyl adjacent to an activating group) is 1. The molecule has 1 unspecified atom stereocenters. The van der Waals surface area contributed by atoms with Crippen LogP contribution < -0.4 is 5.32 Å². The van der Waals surface area contributed by atoms with E-state index in [0.717, 1.165) is 71.1 Å². The van der Waals surface area contributed by atoms with Crippen molar-refractivity contribution in [2.24, 2.45) is 4.99 Å². The Balaban J connectivity index is 0.00000341. The van der Waals surface area contributed by atoms with Gasteiger partial charge in [-0.05, 0) is 45.7 Å². The molecule has 8 nitrogen and oxygen atoms in total. The number of halogens is 1. The average molecular weight is 551 g/mol. The first-order valence-electron chi connectivity index (χ1n) is 12.1. The number of hydrogen-bond donors (Lipinski definition) is 1. The van der Waals surface area contributed by atoms with E-state index in [4.69, 9.17) is 9.73 Å². The molecule has 3 rings (SSSR count). The molecule has 0 saturated carbocycles. The first-order chi connectivity index (χ1) is 14.7. The van der Waals surface area contributed by atoms with Crippen molar-refractivity contribution in [3.8, 4) is 0 Å². The topological polar surface area (TPSA) is 63.7 Å². The van der Waals surface area contributed by atoms with E-state index in [9.17, 15) is 4.79 Å². The van der Waals surface area contributed by atoms with Crippen LogP contribution in [0.25, 0.3) is 0 Å². The lowest BCUT2D eigenvalue weighted by Crippen LogP contribution is -2.55. The van der Waals surface area contributed by atoms with Gasteiger partial charge in [0, 0.05) is 72.1 Å². The SMILES string of the molecule is CCNC(=NCCCCN1CCN(CC)CC1)N1CCN(C(=O)C2CCCO2)CC1.I. The summed E-state index contributed by atoms with van der Waals surface area (Å²) >= 11 is 0. The minimum atomic E-state index is -0.205. The van der Waals surface area contributed by atoms with Crippen molar-refractivity contribution in [2.75, 3.05) is 85.1 Å². The highest BCUT2D eigenvalue weighted by atomic mass is 127. The Hall–Kier alpha value is -0.650. The molecule has 0 spiro atoms. The van der Waals surface area contributed by atoms with Crippen LogP contribution in [-0.4, -0.2) is 123 Å². The van der Waals surface area contributed by atoms with Crippen molar-refractivity contribution in [3.05, 3.63) is 0 Å². The van der Waals surface area contributed by atoms with E-state index in [1.54, 1.807) is 0 Å². The zero-order chi connectivity index (χ0) is 21.2. The molecule has 9 heteroatoms. The van der Waals surface area contributed by atoms with E-state index in [1.165, 1.54) is 45.7 Å². The summed E-state index contributed by atoms with van der Waals surface area (Å²) in [6.07, 6.45) is 4.00. The summed E-state index contributed by atoms with van der Waals surface area (Å²) in [5.41, 5.74) is 0. The molecule has 0 aliphatic carbocycles. The summed E-state index contributed by atoms with van der Waals surface area (Å²) in [7, 11) is 0. The van der Waals surface area contributed by atoms with Gasteiger partial charge < -0.3 is 29.7 Å². The van der Waals surface area contributed by atoms with E-state index in [-0.39, 0.29) is 36.0 Å². The van der Waals surface area contributed by atoms with Gasteiger partial charge in [0.1, 0.15) is 6.10 Å². The monoisotopic (exact) mass is 550 g/mol. The molecule has 3 aliphatic heterocycles. The minimum Gasteiger partial charge on any atom is -0.368 e. The third kappa shape index (κ3) is 8.33. The Morgan fingerprint density at radius 1 is 0.968 bits per heavy atom. The van der Waals surface area contributed by atoms with Gasteiger partial charge in [-0.15, -0.1) is 24.0 Å². The van der Waals surface area contributed by atoms with Crippen LogP contribution in [0.5, 0.6) is 0 Å². The van der Waals surface area contributed by atoms with Crippen LogP contribution in [-0.2, 0) is 9.53 Å². The summed E-state index contributed by atoms with van der Waals surface area (Å²) in [4.78, 5) is 26.8. The molecule has 3 fully saturated rings. The Morgan fingerprint density at radius 3 is 2.26 bits per heavy atom. The first kappa shape index (κ1) is 26.6. The number of rotatable bonds is 8. The van der Waals surface area contributed by atoms with Crippen molar-refractivity contribution in [3.63, 3.8) is 0 Å². The van der Waals surface area contributed by atoms with E-state index in [0.29, 0.717) is 0 Å². The van der Waals surface area contributed by atoms with Gasteiger partial charge in [-0.3, -0.25) is 9.79 Å². The highest BCUT2D eigenvalue weighted by Crippen LogP contribution is 2.16. The highest BCUT2D eigenvalue weighted by Gasteiger charge is 2.30. The quantitative estimate of drug-likeness (QED) is 0.213. The fourth-order valence-electron chi connectivity index (χ4n) is 4.50. The van der Waals surface area contributed by atoms with Crippen LogP contribution in [0.1, 0.15) is 39.5 Å². The predicted octanol–water partition coefficient (Wildman–Crippen LogP) is 1.31. The van der Waals surface area contributed by atoms with Crippen LogP contribution in [0.4, 0.5) is 0 Å². The van der Waals surface area contributed by atoms with Crippen LogP contribution in [0.3, 0.4) is 0 Å². The van der Waals surface area contributed by atoms with Crippen molar-refractivity contribution in [2.45, 2.75) is 45.6 Å². The third-order valence-corrected chi connectivity index (χ3v) is 6.49. The number of amides is 1. The number of carbonyl (C=O) groups excluding carboxylic acids is 1. The molecular formula is C22H43IN6O2. The van der Waals surface area contributed by atoms with Gasteiger partial charge in [0.15, 0.2) is 5.96 Å². The molecule has 31 heavy (non-hydrogen) atoms. The number of ether oxygens (including phenoxy) is 1. The molecule has 0 radical (unpaired) electrons. The summed E-state index contributed by atoms with van der Waals surface area (Å²) in [5, 5.41) is 3.43. The van der Waals surface area contributed by atoms with Gasteiger partial charge in [0.25, 0.3) is 5.91 Å². The fourth-order valence-corrected chi connectivity index (χ4v) is 4.50. The maximum atomic E-state index is 12.5. The number of unbranched alkanes of at least 4 members (excludes halogenated alkanes) is 1. The van der Waals surface area contributed by atoms with Gasteiger partial charge in [-0.2, -0.15) is 0 Å². The zero-order valence-electron chi connectivity index (χ0n) is 19.6. The van der Waals surface area contributed by atoms with Crippen LogP contribution in [0.15, 0.2) is 4.99 Å². The molecule has 3 heterocycles. The Kier molecular flexibility index (Phi) is 12.4. The van der Waals surface area contributed by atoms with Gasteiger partial charge in [0.05, 0.1) is 0 Å². The molecule has 1 atom stereocenters. The zero-order valence-corrected chi connectivity index (χ0v) is 21.9. The molecular weight excluding hydrogens is 507 g/mol. The molecule has 1 N–H and O–H groups in total. The minimum absolute atomic E-state index is 0. The summed E-state index contributed by atoms with van der Waals surface area (Å²) in [6, 6.07) is 0. The standard InChI is InChI=1S/C22H42N6O2.HI/c1-3-23-22(24-9-5-6-10-26-13-11-25(4-2)12-14-26)28-17-15-27(16-18-28)21(29)20-8-7-19-30-20;/h20H,3-19H2,1-2H3,(H,23,24);1H. The fraction of sp³-hybridized carbons (Fsp3) is 0.909. The molecule has 180 valence electrons. The molecule has 0 aromatic rings. The predicted molar refractivity (Wildman–Crippen MR) is 136 cm³/mol. The van der Waals surface area contributed by atoms with Gasteiger partial charge >= 0.3 is 0 Å². The number of carbonyl (C=O) groups is 1. The number of nitrogens with one attached hydrogen (secondary N) is 1. The van der Waals surface area contributed by atoms with Gasteiger partial charge in [0.2, 0.25) is 0 Å². The van der Waals surface area contributed by atoms with Gasteiger partial charge in [-0.1, -0.05) is 6.92 Å². The number of nitrogens with zero attached hydrogens (tertiary/aromatic N) is 5. The maximum Gasteiger partial charge on any atom is 0.251 e. The van der Waals surface area contributed by atoms with Crippen molar-refractivity contribution in [1.82, 2.24) is 24.9 Å². The lowest BCUT2D eigenvalue weighted by atomic mass is 10.2. The number of aliphatic imine (C=N–C) groups is 1. The first-order valence-corrected chi connectivity index (χ1v) is 12.1. The summed E-state index contributed by atoms with van der Waals surface area (Å²) in [5.74, 6) is 1.17. The second kappa shape index (κ2) is 14.5. The molecule has 0 bridgehead atoms. The van der Waals surface area contributed by atoms with Crippen LogP contribution >= 0.6 is 24.0 Å². The molecule has 1 amide bonds. The number of guanidine groups is 1. The normalized spacial score (nSPS) is 23.7. The lowest BCUT2D eigenvalue weighted by Gasteiger charge is -2.37. The van der Waals surface area contributed by atoms with Crippen LogP contribution in [0, 0.1) is 0 Å². The Bertz CT molecular complexity index is 542. The molecule has 0 aromatic carbocycles. The van der Waals surface area contributed by atoms with E-state index < -0.39 is 0 Å². The smallest absolute Gasteiger partial charge is 0.251 e. The maximum absolute atomic E-state index is 12.5. The van der Waals surface area contributed by atoms with Gasteiger partial charge in [-0.25, -0.2) is 0 Å². The Labute approximate surface area is 205 Å².